The molecule has 0 saturated heterocycles. The van der Waals surface area contributed by atoms with Gasteiger partial charge in [0.15, 0.2) is 5.78 Å². The van der Waals surface area contributed by atoms with E-state index in [1.807, 2.05) is 53.4 Å². The van der Waals surface area contributed by atoms with Crippen LogP contribution in [0.25, 0.3) is 5.57 Å². The van der Waals surface area contributed by atoms with Crippen LogP contribution in [0.5, 0.6) is 0 Å². The summed E-state index contributed by atoms with van der Waals surface area (Å²) in [5.74, 6) is 0.0483. The van der Waals surface area contributed by atoms with E-state index in [2.05, 4.69) is 12.1 Å². The highest BCUT2D eigenvalue weighted by molar-refractivity contribution is 5.97. The van der Waals surface area contributed by atoms with Crippen LogP contribution in [0, 0.1) is 0 Å². The number of rotatable bonds is 6. The van der Waals surface area contributed by atoms with Gasteiger partial charge in [0.25, 0.3) is 0 Å². The molecule has 0 N–H and O–H groups in total. The summed E-state index contributed by atoms with van der Waals surface area (Å²) in [6.45, 7) is 1.48. The molecule has 0 aliphatic carbocycles. The van der Waals surface area contributed by atoms with Crippen LogP contribution in [0.4, 0.5) is 13.2 Å². The second-order valence-corrected chi connectivity index (χ2v) is 8.08. The zero-order valence-electron chi connectivity index (χ0n) is 17.6. The van der Waals surface area contributed by atoms with Gasteiger partial charge in [0.05, 0.1) is 12.1 Å². The van der Waals surface area contributed by atoms with E-state index in [4.69, 9.17) is 0 Å². The molecule has 1 aliphatic rings. The number of halogens is 3. The lowest BCUT2D eigenvalue weighted by molar-refractivity contribution is -0.137. The van der Waals surface area contributed by atoms with E-state index < -0.39 is 11.7 Å². The summed E-state index contributed by atoms with van der Waals surface area (Å²) in [6, 6.07) is 23.3. The summed E-state index contributed by atoms with van der Waals surface area (Å²) in [5.41, 5.74) is 3.91. The van der Waals surface area contributed by atoms with E-state index in [1.54, 1.807) is 6.07 Å². The maximum atomic E-state index is 13.0. The molecule has 1 heterocycles. The summed E-state index contributed by atoms with van der Waals surface area (Å²) < 4.78 is 38.9. The Kier molecular flexibility index (Phi) is 6.56. The number of nitrogens with zero attached hydrogens (tertiary/aromatic N) is 1. The normalized spacial score (nSPS) is 14.8. The van der Waals surface area contributed by atoms with Crippen LogP contribution >= 0.6 is 0 Å². The average molecular weight is 435 g/mol. The Hall–Kier alpha value is -3.18. The molecule has 0 spiro atoms. The van der Waals surface area contributed by atoms with Crippen LogP contribution < -0.4 is 0 Å². The van der Waals surface area contributed by atoms with Crippen molar-refractivity contribution < 1.29 is 18.0 Å². The van der Waals surface area contributed by atoms with E-state index in [-0.39, 0.29) is 5.78 Å². The number of alkyl halides is 3. The molecule has 3 aromatic carbocycles. The molecular formula is C27H24F3NO. The first-order chi connectivity index (χ1) is 15.4. The molecule has 0 fully saturated rings. The summed E-state index contributed by atoms with van der Waals surface area (Å²) in [5, 5.41) is 0. The van der Waals surface area contributed by atoms with Gasteiger partial charge in [-0.3, -0.25) is 9.69 Å². The molecule has 0 aromatic heterocycles. The molecule has 0 amide bonds. The highest BCUT2D eigenvalue weighted by atomic mass is 19.4. The maximum absolute atomic E-state index is 13.0. The molecule has 3 aromatic rings. The molecule has 164 valence electrons. The minimum absolute atomic E-state index is 0.0483. The Morgan fingerprint density at radius 2 is 1.59 bits per heavy atom. The van der Waals surface area contributed by atoms with Crippen molar-refractivity contribution in [3.8, 4) is 0 Å². The SMILES string of the molecule is O=C(CN1CC=C(c2cccc(C(F)(F)F)c2)CC1)c1ccc(Cc2ccccc2)cc1. The molecule has 1 aliphatic heterocycles. The number of Topliss-reactive ketones (excluding diaryl/α,β-unsaturated/α-hetero) is 1. The van der Waals surface area contributed by atoms with Gasteiger partial charge in [-0.25, -0.2) is 0 Å². The maximum Gasteiger partial charge on any atom is 0.416 e. The third kappa shape index (κ3) is 5.54. The van der Waals surface area contributed by atoms with E-state index in [0.717, 1.165) is 23.6 Å². The molecule has 0 radical (unpaired) electrons. The van der Waals surface area contributed by atoms with E-state index >= 15 is 0 Å². The molecule has 5 heteroatoms. The van der Waals surface area contributed by atoms with Crippen LogP contribution in [0.2, 0.25) is 0 Å². The van der Waals surface area contributed by atoms with E-state index in [9.17, 15) is 18.0 Å². The molecular weight excluding hydrogens is 411 g/mol. The Bertz CT molecular complexity index is 1100. The highest BCUT2D eigenvalue weighted by Crippen LogP contribution is 2.32. The number of carbonyl (C=O) groups excluding carboxylic acids is 1. The van der Waals surface area contributed by atoms with Crippen molar-refractivity contribution in [2.45, 2.75) is 19.0 Å². The van der Waals surface area contributed by atoms with Crippen molar-refractivity contribution in [3.63, 3.8) is 0 Å². The number of carbonyl (C=O) groups is 1. The van der Waals surface area contributed by atoms with Crippen LogP contribution in [0.15, 0.2) is 84.9 Å². The van der Waals surface area contributed by atoms with Gasteiger partial charge in [0, 0.05) is 18.7 Å². The smallest absolute Gasteiger partial charge is 0.293 e. The Labute approximate surface area is 186 Å². The molecule has 0 bridgehead atoms. The first-order valence-electron chi connectivity index (χ1n) is 10.6. The third-order valence-electron chi connectivity index (χ3n) is 5.75. The summed E-state index contributed by atoms with van der Waals surface area (Å²) >= 11 is 0. The molecule has 0 atom stereocenters. The summed E-state index contributed by atoms with van der Waals surface area (Å²) in [7, 11) is 0. The largest absolute Gasteiger partial charge is 0.416 e. The molecule has 0 saturated carbocycles. The third-order valence-corrected chi connectivity index (χ3v) is 5.75. The van der Waals surface area contributed by atoms with Gasteiger partial charge in [-0.05, 0) is 47.2 Å². The first kappa shape index (κ1) is 22.0. The monoisotopic (exact) mass is 435 g/mol. The summed E-state index contributed by atoms with van der Waals surface area (Å²) in [6.07, 6.45) is -0.981. The Morgan fingerprint density at radius 1 is 0.875 bits per heavy atom. The first-order valence-corrected chi connectivity index (χ1v) is 10.6. The van der Waals surface area contributed by atoms with Crippen LogP contribution in [0.1, 0.15) is 39.0 Å². The number of ketones is 1. The molecule has 0 unspecified atom stereocenters. The molecule has 4 rings (SSSR count). The lowest BCUT2D eigenvalue weighted by atomic mass is 9.97. The summed E-state index contributed by atoms with van der Waals surface area (Å²) in [4.78, 5) is 14.7. The lowest BCUT2D eigenvalue weighted by Crippen LogP contribution is -2.33. The number of hydrogen-bond acceptors (Lipinski definition) is 2. The topological polar surface area (TPSA) is 20.3 Å². The minimum atomic E-state index is -4.35. The zero-order valence-corrected chi connectivity index (χ0v) is 17.6. The fraction of sp³-hybridized carbons (Fsp3) is 0.222. The van der Waals surface area contributed by atoms with Gasteiger partial charge >= 0.3 is 6.18 Å². The van der Waals surface area contributed by atoms with Crippen molar-refractivity contribution in [3.05, 3.63) is 113 Å². The van der Waals surface area contributed by atoms with Crippen LogP contribution in [-0.2, 0) is 12.6 Å². The second-order valence-electron chi connectivity index (χ2n) is 8.08. The Morgan fingerprint density at radius 3 is 2.25 bits per heavy atom. The van der Waals surface area contributed by atoms with Gasteiger partial charge in [0.2, 0.25) is 0 Å². The molecule has 2 nitrogen and oxygen atoms in total. The van der Waals surface area contributed by atoms with Gasteiger partial charge in [-0.2, -0.15) is 13.2 Å². The minimum Gasteiger partial charge on any atom is -0.293 e. The van der Waals surface area contributed by atoms with E-state index in [0.29, 0.717) is 37.2 Å². The predicted octanol–water partition coefficient (Wildman–Crippen LogP) is 6.27. The lowest BCUT2D eigenvalue weighted by Gasteiger charge is -2.26. The van der Waals surface area contributed by atoms with Crippen LogP contribution in [0.3, 0.4) is 0 Å². The second kappa shape index (κ2) is 9.53. The molecule has 32 heavy (non-hydrogen) atoms. The van der Waals surface area contributed by atoms with Crippen molar-refractivity contribution in [2.24, 2.45) is 0 Å². The van der Waals surface area contributed by atoms with Gasteiger partial charge in [-0.15, -0.1) is 0 Å². The average Bonchev–Trinajstić information content (AvgIpc) is 2.80. The highest BCUT2D eigenvalue weighted by Gasteiger charge is 2.30. The predicted molar refractivity (Wildman–Crippen MR) is 120 cm³/mol. The number of benzene rings is 3. The van der Waals surface area contributed by atoms with Gasteiger partial charge in [-0.1, -0.05) is 72.8 Å². The van der Waals surface area contributed by atoms with Gasteiger partial charge in [0.1, 0.15) is 0 Å². The fourth-order valence-electron chi connectivity index (χ4n) is 3.95. The van der Waals surface area contributed by atoms with Crippen molar-refractivity contribution in [1.29, 1.82) is 0 Å². The fourth-order valence-corrected chi connectivity index (χ4v) is 3.95. The van der Waals surface area contributed by atoms with Gasteiger partial charge < -0.3 is 0 Å². The zero-order chi connectivity index (χ0) is 22.6. The Balaban J connectivity index is 1.35. The van der Waals surface area contributed by atoms with E-state index in [1.165, 1.54) is 17.7 Å². The van der Waals surface area contributed by atoms with Crippen molar-refractivity contribution in [2.75, 3.05) is 19.6 Å². The van der Waals surface area contributed by atoms with Crippen molar-refractivity contribution >= 4 is 11.4 Å². The van der Waals surface area contributed by atoms with Crippen molar-refractivity contribution in [1.82, 2.24) is 4.90 Å². The number of hydrogen-bond donors (Lipinski definition) is 0. The standard InChI is InChI=1S/C27H24F3NO/c28-27(29,30)25-8-4-7-24(18-25)22-13-15-31(16-14-22)19-26(32)23-11-9-21(10-12-23)17-20-5-2-1-3-6-20/h1-13,18H,14-17,19H2. The van der Waals surface area contributed by atoms with Crippen LogP contribution in [-0.4, -0.2) is 30.3 Å². The quantitative estimate of drug-likeness (QED) is 0.426.